The van der Waals surface area contributed by atoms with Crippen molar-refractivity contribution in [1.82, 2.24) is 0 Å². The first kappa shape index (κ1) is 10.6. The van der Waals surface area contributed by atoms with E-state index < -0.39 is 0 Å². The zero-order valence-electron chi connectivity index (χ0n) is 8.63. The molecule has 82 valence electrons. The lowest BCUT2D eigenvalue weighted by atomic mass is 10.0. The van der Waals surface area contributed by atoms with Gasteiger partial charge in [-0.15, -0.1) is 0 Å². The molecule has 2 rings (SSSR count). The molecule has 0 amide bonds. The molecule has 1 aromatic rings. The van der Waals surface area contributed by atoms with Crippen molar-refractivity contribution in [2.24, 2.45) is 5.73 Å². The van der Waals surface area contributed by atoms with Crippen LogP contribution in [0, 0.1) is 0 Å². The van der Waals surface area contributed by atoms with Crippen LogP contribution in [0.5, 0.6) is 11.5 Å². The van der Waals surface area contributed by atoms with E-state index in [4.69, 9.17) is 26.8 Å². The van der Waals surface area contributed by atoms with Crippen LogP contribution in [0.3, 0.4) is 0 Å². The van der Waals surface area contributed by atoms with E-state index >= 15 is 0 Å². The summed E-state index contributed by atoms with van der Waals surface area (Å²) in [7, 11) is 0. The summed E-state index contributed by atoms with van der Waals surface area (Å²) in [6, 6.07) is 3.61. The number of hydrogen-bond acceptors (Lipinski definition) is 3. The van der Waals surface area contributed by atoms with E-state index in [1.807, 2.05) is 13.0 Å². The fourth-order valence-corrected chi connectivity index (χ4v) is 1.88. The minimum atomic E-state index is -0.0478. The molecular weight excluding hydrogens is 214 g/mol. The Morgan fingerprint density at radius 2 is 1.93 bits per heavy atom. The lowest BCUT2D eigenvalue weighted by Crippen LogP contribution is -2.17. The number of benzene rings is 1. The van der Waals surface area contributed by atoms with E-state index in [1.54, 1.807) is 6.07 Å². The summed E-state index contributed by atoms with van der Waals surface area (Å²) in [4.78, 5) is 0. The van der Waals surface area contributed by atoms with E-state index in [0.717, 1.165) is 17.7 Å². The Bertz CT molecular complexity index is 368. The first-order valence-electron chi connectivity index (χ1n) is 5.07. The molecule has 1 aliphatic rings. The second-order valence-corrected chi connectivity index (χ2v) is 3.94. The van der Waals surface area contributed by atoms with Gasteiger partial charge in [-0.3, -0.25) is 0 Å². The van der Waals surface area contributed by atoms with Gasteiger partial charge in [0.25, 0.3) is 0 Å². The SMILES string of the molecule is CCC(N)c1cc2c(cc1Cl)OCCO2. The van der Waals surface area contributed by atoms with Gasteiger partial charge in [-0.25, -0.2) is 0 Å². The maximum Gasteiger partial charge on any atom is 0.162 e. The summed E-state index contributed by atoms with van der Waals surface area (Å²) >= 11 is 6.12. The maximum atomic E-state index is 6.12. The Labute approximate surface area is 94.1 Å². The van der Waals surface area contributed by atoms with Crippen LogP contribution in [0.4, 0.5) is 0 Å². The molecule has 0 fully saturated rings. The highest BCUT2D eigenvalue weighted by molar-refractivity contribution is 6.31. The van der Waals surface area contributed by atoms with E-state index in [1.165, 1.54) is 0 Å². The molecular formula is C11H14ClNO2. The Balaban J connectivity index is 2.40. The van der Waals surface area contributed by atoms with Crippen LogP contribution in [0.15, 0.2) is 12.1 Å². The molecule has 2 N–H and O–H groups in total. The van der Waals surface area contributed by atoms with E-state index in [9.17, 15) is 0 Å². The summed E-state index contributed by atoms with van der Waals surface area (Å²) < 4.78 is 10.9. The number of fused-ring (bicyclic) bond motifs is 1. The van der Waals surface area contributed by atoms with Gasteiger partial charge in [0.05, 0.1) is 0 Å². The Hall–Kier alpha value is -0.930. The van der Waals surface area contributed by atoms with Gasteiger partial charge < -0.3 is 15.2 Å². The van der Waals surface area contributed by atoms with Crippen LogP contribution < -0.4 is 15.2 Å². The molecule has 0 radical (unpaired) electrons. The maximum absolute atomic E-state index is 6.12. The van der Waals surface area contributed by atoms with E-state index in [2.05, 4.69) is 0 Å². The lowest BCUT2D eigenvalue weighted by Gasteiger charge is -2.21. The second kappa shape index (κ2) is 4.29. The van der Waals surface area contributed by atoms with Crippen LogP contribution in [0.1, 0.15) is 24.9 Å². The van der Waals surface area contributed by atoms with Crippen molar-refractivity contribution in [3.05, 3.63) is 22.7 Å². The average Bonchev–Trinajstić information content (AvgIpc) is 2.27. The standard InChI is InChI=1S/C11H14ClNO2/c1-2-9(13)7-5-10-11(6-8(7)12)15-4-3-14-10/h5-6,9H,2-4,13H2,1H3. The highest BCUT2D eigenvalue weighted by Gasteiger charge is 2.17. The van der Waals surface area contributed by atoms with Gasteiger partial charge in [-0.1, -0.05) is 18.5 Å². The number of rotatable bonds is 2. The third-order valence-corrected chi connectivity index (χ3v) is 2.83. The highest BCUT2D eigenvalue weighted by atomic mass is 35.5. The van der Waals surface area contributed by atoms with Gasteiger partial charge in [-0.2, -0.15) is 0 Å². The minimum absolute atomic E-state index is 0.0478. The third kappa shape index (κ3) is 2.03. The molecule has 3 nitrogen and oxygen atoms in total. The van der Waals surface area contributed by atoms with Gasteiger partial charge in [0.15, 0.2) is 11.5 Å². The summed E-state index contributed by atoms with van der Waals surface area (Å²) in [6.45, 7) is 3.18. The molecule has 4 heteroatoms. The molecule has 1 atom stereocenters. The summed E-state index contributed by atoms with van der Waals surface area (Å²) in [5.74, 6) is 1.45. The fraction of sp³-hybridized carbons (Fsp3) is 0.455. The lowest BCUT2D eigenvalue weighted by molar-refractivity contribution is 0.171. The number of hydrogen-bond donors (Lipinski definition) is 1. The van der Waals surface area contributed by atoms with Crippen molar-refractivity contribution in [2.75, 3.05) is 13.2 Å². The topological polar surface area (TPSA) is 44.5 Å². The summed E-state index contributed by atoms with van der Waals surface area (Å²) in [5.41, 5.74) is 6.87. The number of nitrogens with two attached hydrogens (primary N) is 1. The first-order valence-corrected chi connectivity index (χ1v) is 5.44. The van der Waals surface area contributed by atoms with Crippen LogP contribution in [0.2, 0.25) is 5.02 Å². The van der Waals surface area contributed by atoms with Crippen molar-refractivity contribution in [1.29, 1.82) is 0 Å². The Morgan fingerprint density at radius 1 is 1.33 bits per heavy atom. The molecule has 0 aliphatic carbocycles. The van der Waals surface area contributed by atoms with Crippen LogP contribution in [0.25, 0.3) is 0 Å². The van der Waals surface area contributed by atoms with Crippen molar-refractivity contribution < 1.29 is 9.47 Å². The predicted molar refractivity (Wildman–Crippen MR) is 59.7 cm³/mol. The number of halogens is 1. The fourth-order valence-electron chi connectivity index (χ4n) is 1.58. The molecule has 0 spiro atoms. The summed E-state index contributed by atoms with van der Waals surface area (Å²) in [5, 5.41) is 0.647. The highest BCUT2D eigenvalue weighted by Crippen LogP contribution is 2.37. The quantitative estimate of drug-likeness (QED) is 0.845. The average molecular weight is 228 g/mol. The first-order chi connectivity index (χ1) is 7.22. The third-order valence-electron chi connectivity index (χ3n) is 2.50. The van der Waals surface area contributed by atoms with Crippen LogP contribution >= 0.6 is 11.6 Å². The van der Waals surface area contributed by atoms with Crippen molar-refractivity contribution in [2.45, 2.75) is 19.4 Å². The molecule has 1 heterocycles. The smallest absolute Gasteiger partial charge is 0.162 e. The normalized spacial score (nSPS) is 16.2. The molecule has 1 unspecified atom stereocenters. The molecule has 0 bridgehead atoms. The molecule has 1 aromatic carbocycles. The monoisotopic (exact) mass is 227 g/mol. The second-order valence-electron chi connectivity index (χ2n) is 3.53. The van der Waals surface area contributed by atoms with Crippen LogP contribution in [-0.2, 0) is 0 Å². The van der Waals surface area contributed by atoms with Gasteiger partial charge >= 0.3 is 0 Å². The Kier molecular flexibility index (Phi) is 3.03. The van der Waals surface area contributed by atoms with Crippen molar-refractivity contribution in [3.63, 3.8) is 0 Å². The van der Waals surface area contributed by atoms with Gasteiger partial charge in [0.2, 0.25) is 0 Å². The Morgan fingerprint density at radius 3 is 2.53 bits per heavy atom. The number of ether oxygens (including phenoxy) is 2. The predicted octanol–water partition coefficient (Wildman–Crippen LogP) is 2.52. The van der Waals surface area contributed by atoms with Gasteiger partial charge in [-0.05, 0) is 18.1 Å². The molecule has 1 aliphatic heterocycles. The van der Waals surface area contributed by atoms with Crippen molar-refractivity contribution in [3.8, 4) is 11.5 Å². The largest absolute Gasteiger partial charge is 0.486 e. The molecule has 15 heavy (non-hydrogen) atoms. The minimum Gasteiger partial charge on any atom is -0.486 e. The zero-order valence-corrected chi connectivity index (χ0v) is 9.38. The van der Waals surface area contributed by atoms with E-state index in [0.29, 0.717) is 24.0 Å². The molecule has 0 saturated carbocycles. The van der Waals surface area contributed by atoms with Gasteiger partial charge in [0, 0.05) is 17.1 Å². The molecule has 0 saturated heterocycles. The molecule has 0 aromatic heterocycles. The van der Waals surface area contributed by atoms with Crippen molar-refractivity contribution >= 4 is 11.6 Å². The van der Waals surface area contributed by atoms with Crippen LogP contribution in [-0.4, -0.2) is 13.2 Å². The zero-order chi connectivity index (χ0) is 10.8. The summed E-state index contributed by atoms with van der Waals surface area (Å²) in [6.07, 6.45) is 0.847. The van der Waals surface area contributed by atoms with Gasteiger partial charge in [0.1, 0.15) is 13.2 Å². The van der Waals surface area contributed by atoms with E-state index in [-0.39, 0.29) is 6.04 Å².